The van der Waals surface area contributed by atoms with Gasteiger partial charge in [0.2, 0.25) is 5.89 Å². The molecule has 0 amide bonds. The van der Waals surface area contributed by atoms with Crippen LogP contribution in [0.5, 0.6) is 0 Å². The third kappa shape index (κ3) is 2.07. The van der Waals surface area contributed by atoms with Crippen LogP contribution in [0.1, 0.15) is 40.8 Å². The summed E-state index contributed by atoms with van der Waals surface area (Å²) in [6.45, 7) is 0. The molecule has 7 heteroatoms. The minimum Gasteiger partial charge on any atom is -0.478 e. The molecule has 6 nitrogen and oxygen atoms in total. The Balaban J connectivity index is 2.14. The maximum Gasteiger partial charge on any atom is 0.339 e. The number of aromatic nitrogens is 1. The first-order valence-electron chi connectivity index (χ1n) is 6.33. The van der Waals surface area contributed by atoms with Crippen LogP contribution in [0.25, 0.3) is 11.1 Å². The number of benzene rings is 1. The van der Waals surface area contributed by atoms with Gasteiger partial charge in [-0.05, 0) is 25.0 Å². The molecule has 2 aromatic rings. The minimum atomic E-state index is -3.26. The Hall–Kier alpha value is -1.89. The first kappa shape index (κ1) is 13.1. The maximum absolute atomic E-state index is 12.1. The van der Waals surface area contributed by atoms with Crippen LogP contribution in [0.2, 0.25) is 0 Å². The number of para-hydroxylation sites is 1. The molecule has 0 radical (unpaired) electrons. The summed E-state index contributed by atoms with van der Waals surface area (Å²) in [5.74, 6) is -0.888. The molecule has 1 aromatic carbocycles. The smallest absolute Gasteiger partial charge is 0.339 e. The molecule has 1 unspecified atom stereocenters. The van der Waals surface area contributed by atoms with E-state index in [0.29, 0.717) is 18.4 Å². The Labute approximate surface area is 115 Å². The summed E-state index contributed by atoms with van der Waals surface area (Å²) in [4.78, 5) is 15.3. The van der Waals surface area contributed by atoms with Crippen LogP contribution >= 0.6 is 0 Å². The fourth-order valence-corrected chi connectivity index (χ4v) is 4.33. The second-order valence-electron chi connectivity index (χ2n) is 4.86. The molecule has 0 spiro atoms. The lowest BCUT2D eigenvalue weighted by Gasteiger charge is -2.18. The van der Waals surface area contributed by atoms with Gasteiger partial charge in [0.1, 0.15) is 16.3 Å². The Morgan fingerprint density at radius 2 is 2.15 bits per heavy atom. The van der Waals surface area contributed by atoms with Crippen LogP contribution in [-0.2, 0) is 9.84 Å². The van der Waals surface area contributed by atoms with Crippen molar-refractivity contribution in [1.29, 1.82) is 0 Å². The highest BCUT2D eigenvalue weighted by Crippen LogP contribution is 2.35. The summed E-state index contributed by atoms with van der Waals surface area (Å²) in [7, 11) is -3.26. The van der Waals surface area contributed by atoms with Crippen molar-refractivity contribution >= 4 is 26.9 Å². The van der Waals surface area contributed by atoms with Gasteiger partial charge in [-0.3, -0.25) is 0 Å². The van der Waals surface area contributed by atoms with Crippen LogP contribution in [0.3, 0.4) is 0 Å². The van der Waals surface area contributed by atoms with Gasteiger partial charge in [0.05, 0.1) is 5.75 Å². The molecule has 0 saturated carbocycles. The molecule has 0 aliphatic carbocycles. The van der Waals surface area contributed by atoms with Gasteiger partial charge >= 0.3 is 5.97 Å². The highest BCUT2D eigenvalue weighted by Gasteiger charge is 2.34. The van der Waals surface area contributed by atoms with Crippen molar-refractivity contribution in [2.24, 2.45) is 0 Å². The van der Waals surface area contributed by atoms with Crippen molar-refractivity contribution in [2.75, 3.05) is 5.75 Å². The summed E-state index contributed by atoms with van der Waals surface area (Å²) in [6, 6.07) is 4.59. The van der Waals surface area contributed by atoms with E-state index in [9.17, 15) is 13.2 Å². The summed E-state index contributed by atoms with van der Waals surface area (Å²) in [5.41, 5.74) is 0.505. The van der Waals surface area contributed by atoms with E-state index in [4.69, 9.17) is 9.52 Å². The zero-order chi connectivity index (χ0) is 14.3. The third-order valence-electron chi connectivity index (χ3n) is 3.52. The highest BCUT2D eigenvalue weighted by atomic mass is 32.2. The molecule has 1 N–H and O–H groups in total. The molecule has 2 heterocycles. The van der Waals surface area contributed by atoms with Crippen molar-refractivity contribution in [3.8, 4) is 0 Å². The summed E-state index contributed by atoms with van der Waals surface area (Å²) in [6.07, 6.45) is 1.92. The monoisotopic (exact) mass is 295 g/mol. The average molecular weight is 295 g/mol. The zero-order valence-corrected chi connectivity index (χ0v) is 11.4. The Morgan fingerprint density at radius 3 is 2.85 bits per heavy atom. The van der Waals surface area contributed by atoms with Gasteiger partial charge in [-0.1, -0.05) is 12.5 Å². The second-order valence-corrected chi connectivity index (χ2v) is 7.17. The Morgan fingerprint density at radius 1 is 1.35 bits per heavy atom. The van der Waals surface area contributed by atoms with Gasteiger partial charge in [-0.25, -0.2) is 18.2 Å². The molecule has 1 atom stereocenters. The number of carboxylic acid groups (broad SMARTS) is 1. The van der Waals surface area contributed by atoms with E-state index >= 15 is 0 Å². The number of hydrogen-bond acceptors (Lipinski definition) is 5. The van der Waals surface area contributed by atoms with Gasteiger partial charge in [-0.15, -0.1) is 0 Å². The second kappa shape index (κ2) is 4.59. The van der Waals surface area contributed by atoms with E-state index < -0.39 is 21.1 Å². The van der Waals surface area contributed by atoms with Crippen LogP contribution < -0.4 is 0 Å². The van der Waals surface area contributed by atoms with E-state index in [2.05, 4.69) is 4.98 Å². The predicted octanol–water partition coefficient (Wildman–Crippen LogP) is 2.17. The number of aromatic carboxylic acids is 1. The van der Waals surface area contributed by atoms with Gasteiger partial charge in [0.25, 0.3) is 0 Å². The fourth-order valence-electron chi connectivity index (χ4n) is 2.50. The van der Waals surface area contributed by atoms with Crippen LogP contribution in [-0.4, -0.2) is 30.2 Å². The number of sulfone groups is 1. The van der Waals surface area contributed by atoms with Crippen LogP contribution in [0.15, 0.2) is 22.6 Å². The first-order chi connectivity index (χ1) is 9.49. The number of oxazole rings is 1. The molecule has 1 aliphatic heterocycles. The first-order valence-corrected chi connectivity index (χ1v) is 8.05. The minimum absolute atomic E-state index is 0.00513. The van der Waals surface area contributed by atoms with E-state index in [0.717, 1.165) is 6.42 Å². The van der Waals surface area contributed by atoms with Gasteiger partial charge in [0.15, 0.2) is 15.4 Å². The number of fused-ring (bicyclic) bond motifs is 1. The molecule has 1 aromatic heterocycles. The number of carboxylic acids is 1. The van der Waals surface area contributed by atoms with E-state index in [1.165, 1.54) is 6.07 Å². The van der Waals surface area contributed by atoms with Crippen molar-refractivity contribution in [3.05, 3.63) is 29.7 Å². The van der Waals surface area contributed by atoms with E-state index in [1.54, 1.807) is 12.1 Å². The summed E-state index contributed by atoms with van der Waals surface area (Å²) < 4.78 is 29.6. The van der Waals surface area contributed by atoms with E-state index in [1.807, 2.05) is 0 Å². The van der Waals surface area contributed by atoms with Gasteiger partial charge in [-0.2, -0.15) is 0 Å². The van der Waals surface area contributed by atoms with Crippen molar-refractivity contribution in [3.63, 3.8) is 0 Å². The molecule has 0 bridgehead atoms. The Kier molecular flexibility index (Phi) is 3.01. The molecule has 106 valence electrons. The number of hydrogen-bond donors (Lipinski definition) is 1. The standard InChI is InChI=1S/C13H13NO5S/c15-13(16)8-4-3-5-9-11(8)19-12(14-9)10-6-1-2-7-20(10,17)18/h3-5,10H,1-2,6-7H2,(H,15,16). The Bertz CT molecular complexity index is 777. The zero-order valence-electron chi connectivity index (χ0n) is 10.6. The van der Waals surface area contributed by atoms with Crippen molar-refractivity contribution < 1.29 is 22.7 Å². The number of nitrogens with zero attached hydrogens (tertiary/aromatic N) is 1. The van der Waals surface area contributed by atoms with Gasteiger partial charge in [0, 0.05) is 0 Å². The van der Waals surface area contributed by atoms with Gasteiger partial charge < -0.3 is 9.52 Å². The highest BCUT2D eigenvalue weighted by molar-refractivity contribution is 7.91. The molecule has 1 saturated heterocycles. The maximum atomic E-state index is 12.1. The van der Waals surface area contributed by atoms with Crippen LogP contribution in [0, 0.1) is 0 Å². The van der Waals surface area contributed by atoms with E-state index in [-0.39, 0.29) is 22.8 Å². The lowest BCUT2D eigenvalue weighted by atomic mass is 10.2. The number of rotatable bonds is 2. The third-order valence-corrected chi connectivity index (χ3v) is 5.68. The normalized spacial score (nSPS) is 21.9. The molecule has 3 rings (SSSR count). The summed E-state index contributed by atoms with van der Waals surface area (Å²) in [5, 5.41) is 8.34. The largest absolute Gasteiger partial charge is 0.478 e. The van der Waals surface area contributed by atoms with Crippen molar-refractivity contribution in [1.82, 2.24) is 4.98 Å². The molecular formula is C13H13NO5S. The average Bonchev–Trinajstić information content (AvgIpc) is 2.80. The lowest BCUT2D eigenvalue weighted by molar-refractivity contribution is 0.0698. The predicted molar refractivity (Wildman–Crippen MR) is 71.3 cm³/mol. The summed E-state index contributed by atoms with van der Waals surface area (Å²) >= 11 is 0. The van der Waals surface area contributed by atoms with Crippen LogP contribution in [0.4, 0.5) is 0 Å². The fraction of sp³-hybridized carbons (Fsp3) is 0.385. The quantitative estimate of drug-likeness (QED) is 0.911. The molecule has 20 heavy (non-hydrogen) atoms. The SMILES string of the molecule is O=C(O)c1cccc2nc(C3CCCCS3(=O)=O)oc12. The molecular weight excluding hydrogens is 282 g/mol. The molecule has 1 aliphatic rings. The topological polar surface area (TPSA) is 97.5 Å². The molecule has 1 fully saturated rings. The number of carbonyl (C=O) groups is 1. The van der Waals surface area contributed by atoms with Crippen molar-refractivity contribution in [2.45, 2.75) is 24.5 Å². The lowest BCUT2D eigenvalue weighted by Crippen LogP contribution is -2.21.